The van der Waals surface area contributed by atoms with E-state index in [0.29, 0.717) is 31.3 Å². The zero-order chi connectivity index (χ0) is 14.0. The molecule has 0 bridgehead atoms. The fourth-order valence-electron chi connectivity index (χ4n) is 2.20. The molecule has 1 saturated heterocycles. The lowest BCUT2D eigenvalue weighted by atomic mass is 10.3. The first-order chi connectivity index (χ1) is 8.96. The van der Waals surface area contributed by atoms with Crippen LogP contribution < -0.4 is 5.32 Å². The van der Waals surface area contributed by atoms with Gasteiger partial charge in [-0.25, -0.2) is 8.42 Å². The van der Waals surface area contributed by atoms with Crippen LogP contribution in [0.5, 0.6) is 0 Å². The zero-order valence-corrected chi connectivity index (χ0v) is 12.3. The Labute approximate surface area is 113 Å². The third kappa shape index (κ3) is 2.84. The predicted octanol–water partition coefficient (Wildman–Crippen LogP) is 0.717. The van der Waals surface area contributed by atoms with Crippen molar-refractivity contribution in [3.8, 4) is 0 Å². The first kappa shape index (κ1) is 14.5. The molecular formula is C12H20N2O4S. The monoisotopic (exact) mass is 288 g/mol. The molecule has 2 rings (SSSR count). The van der Waals surface area contributed by atoms with Gasteiger partial charge in [0.25, 0.3) is 0 Å². The summed E-state index contributed by atoms with van der Waals surface area (Å²) in [6.07, 6.45) is 0.732. The molecule has 1 aromatic rings. The van der Waals surface area contributed by atoms with E-state index in [2.05, 4.69) is 5.32 Å². The lowest BCUT2D eigenvalue weighted by Gasteiger charge is -2.21. The Morgan fingerprint density at radius 2 is 2.26 bits per heavy atom. The molecule has 0 aromatic carbocycles. The summed E-state index contributed by atoms with van der Waals surface area (Å²) in [6, 6.07) is 1.50. The molecule has 0 saturated carbocycles. The Morgan fingerprint density at radius 3 is 2.84 bits per heavy atom. The molecule has 1 aliphatic heterocycles. The van der Waals surface area contributed by atoms with Crippen LogP contribution in [0.1, 0.15) is 17.9 Å². The molecule has 1 N–H and O–H groups in total. The maximum absolute atomic E-state index is 12.5. The quantitative estimate of drug-likeness (QED) is 0.864. The highest BCUT2D eigenvalue weighted by Crippen LogP contribution is 2.26. The van der Waals surface area contributed by atoms with Crippen molar-refractivity contribution in [2.75, 3.05) is 27.3 Å². The molecule has 1 atom stereocenters. The molecule has 1 fully saturated rings. The fourth-order valence-corrected chi connectivity index (χ4v) is 3.76. The van der Waals surface area contributed by atoms with Crippen molar-refractivity contribution in [2.45, 2.75) is 30.8 Å². The zero-order valence-electron chi connectivity index (χ0n) is 11.5. The molecular weight excluding hydrogens is 268 g/mol. The highest BCUT2D eigenvalue weighted by Gasteiger charge is 2.33. The van der Waals surface area contributed by atoms with E-state index >= 15 is 0 Å². The highest BCUT2D eigenvalue weighted by molar-refractivity contribution is 7.89. The van der Waals surface area contributed by atoms with Crippen molar-refractivity contribution in [3.63, 3.8) is 0 Å². The van der Waals surface area contributed by atoms with E-state index in [1.165, 1.54) is 4.31 Å². The molecule has 0 aliphatic carbocycles. The number of furan rings is 1. The second-order valence-corrected chi connectivity index (χ2v) is 6.67. The van der Waals surface area contributed by atoms with Gasteiger partial charge in [0.1, 0.15) is 16.4 Å². The van der Waals surface area contributed by atoms with Gasteiger partial charge < -0.3 is 14.5 Å². The third-order valence-corrected chi connectivity index (χ3v) is 5.37. The minimum absolute atomic E-state index is 0.0907. The topological polar surface area (TPSA) is 71.8 Å². The summed E-state index contributed by atoms with van der Waals surface area (Å²) < 4.78 is 37.2. The molecule has 108 valence electrons. The van der Waals surface area contributed by atoms with E-state index < -0.39 is 10.0 Å². The molecule has 1 aromatic heterocycles. The van der Waals surface area contributed by atoms with Gasteiger partial charge in [-0.05, 0) is 20.4 Å². The molecule has 0 amide bonds. The summed E-state index contributed by atoms with van der Waals surface area (Å²) in [7, 11) is -0.137. The minimum Gasteiger partial charge on any atom is -0.464 e. The van der Waals surface area contributed by atoms with Crippen LogP contribution in [0.4, 0.5) is 0 Å². The maximum Gasteiger partial charge on any atom is 0.246 e. The van der Waals surface area contributed by atoms with E-state index in [-0.39, 0.29) is 10.9 Å². The van der Waals surface area contributed by atoms with Crippen molar-refractivity contribution < 1.29 is 17.6 Å². The lowest BCUT2D eigenvalue weighted by Crippen LogP contribution is -2.37. The summed E-state index contributed by atoms with van der Waals surface area (Å²) in [5.74, 6) is 1.05. The van der Waals surface area contributed by atoms with Crippen LogP contribution in [0.15, 0.2) is 15.4 Å². The molecule has 6 nitrogen and oxygen atoms in total. The lowest BCUT2D eigenvalue weighted by molar-refractivity contribution is 0.181. The van der Waals surface area contributed by atoms with Gasteiger partial charge in [-0.3, -0.25) is 0 Å². The van der Waals surface area contributed by atoms with E-state index in [9.17, 15) is 8.42 Å². The predicted molar refractivity (Wildman–Crippen MR) is 70.4 cm³/mol. The van der Waals surface area contributed by atoms with Crippen LogP contribution in [0, 0.1) is 6.92 Å². The molecule has 0 spiro atoms. The Balaban J connectivity index is 2.27. The molecule has 0 radical (unpaired) electrons. The van der Waals surface area contributed by atoms with Gasteiger partial charge in [0, 0.05) is 19.7 Å². The molecule has 19 heavy (non-hydrogen) atoms. The summed E-state index contributed by atoms with van der Waals surface area (Å²) in [5, 5.41) is 2.94. The Morgan fingerprint density at radius 1 is 1.53 bits per heavy atom. The molecule has 2 heterocycles. The Bertz CT molecular complexity index is 532. The van der Waals surface area contributed by atoms with E-state index in [1.807, 2.05) is 0 Å². The summed E-state index contributed by atoms with van der Waals surface area (Å²) in [5.41, 5.74) is 0. The first-order valence-corrected chi connectivity index (χ1v) is 7.70. The number of hydrogen-bond acceptors (Lipinski definition) is 5. The fraction of sp³-hybridized carbons (Fsp3) is 0.667. The second kappa shape index (κ2) is 5.62. The number of nitrogens with zero attached hydrogens (tertiary/aromatic N) is 1. The van der Waals surface area contributed by atoms with Gasteiger partial charge in [0.2, 0.25) is 10.0 Å². The Kier molecular flexibility index (Phi) is 4.29. The number of nitrogens with one attached hydrogen (secondary N) is 1. The second-order valence-electron chi connectivity index (χ2n) is 4.70. The normalized spacial score (nSPS) is 20.3. The van der Waals surface area contributed by atoms with E-state index in [1.54, 1.807) is 27.1 Å². The average Bonchev–Trinajstić information content (AvgIpc) is 2.98. The summed E-state index contributed by atoms with van der Waals surface area (Å²) in [6.45, 7) is 3.24. The van der Waals surface area contributed by atoms with Crippen molar-refractivity contribution in [2.24, 2.45) is 0 Å². The Hall–Kier alpha value is -0.890. The van der Waals surface area contributed by atoms with Gasteiger partial charge in [0.05, 0.1) is 19.2 Å². The van der Waals surface area contributed by atoms with Gasteiger partial charge in [-0.1, -0.05) is 0 Å². The highest BCUT2D eigenvalue weighted by atomic mass is 32.2. The number of aryl methyl sites for hydroxylation is 1. The van der Waals surface area contributed by atoms with Gasteiger partial charge >= 0.3 is 0 Å². The van der Waals surface area contributed by atoms with Crippen LogP contribution in [0.3, 0.4) is 0 Å². The van der Waals surface area contributed by atoms with Gasteiger partial charge in [0.15, 0.2) is 0 Å². The average molecular weight is 288 g/mol. The maximum atomic E-state index is 12.5. The van der Waals surface area contributed by atoms with Gasteiger partial charge in [-0.15, -0.1) is 0 Å². The van der Waals surface area contributed by atoms with E-state index in [4.69, 9.17) is 9.15 Å². The van der Waals surface area contributed by atoms with Crippen molar-refractivity contribution in [1.29, 1.82) is 0 Å². The first-order valence-electron chi connectivity index (χ1n) is 6.26. The molecule has 7 heteroatoms. The third-order valence-electron chi connectivity index (χ3n) is 3.35. The molecule has 1 aliphatic rings. The number of sulfonamides is 1. The minimum atomic E-state index is -3.52. The van der Waals surface area contributed by atoms with Crippen molar-refractivity contribution >= 4 is 10.0 Å². The molecule has 1 unspecified atom stereocenters. The standard InChI is InChI=1S/C12H20N2O4S/c1-9-12(6-11(18-9)7-13-2)19(15,16)14(3)10-4-5-17-8-10/h6,10,13H,4-5,7-8H2,1-3H3. The summed E-state index contributed by atoms with van der Waals surface area (Å²) in [4.78, 5) is 0.243. The summed E-state index contributed by atoms with van der Waals surface area (Å²) >= 11 is 0. The van der Waals surface area contributed by atoms with Crippen molar-refractivity contribution in [1.82, 2.24) is 9.62 Å². The van der Waals surface area contributed by atoms with E-state index in [0.717, 1.165) is 6.42 Å². The van der Waals surface area contributed by atoms with Crippen LogP contribution >= 0.6 is 0 Å². The number of ether oxygens (including phenoxy) is 1. The van der Waals surface area contributed by atoms with Crippen LogP contribution in [-0.2, 0) is 21.3 Å². The van der Waals surface area contributed by atoms with Crippen LogP contribution in [0.25, 0.3) is 0 Å². The largest absolute Gasteiger partial charge is 0.464 e. The van der Waals surface area contributed by atoms with Crippen LogP contribution in [0.2, 0.25) is 0 Å². The SMILES string of the molecule is CNCc1cc(S(=O)(=O)N(C)C2CCOC2)c(C)o1. The number of likely N-dealkylation sites (N-methyl/N-ethyl adjacent to an activating group) is 1. The van der Waals surface area contributed by atoms with Gasteiger partial charge in [-0.2, -0.15) is 4.31 Å². The van der Waals surface area contributed by atoms with Crippen LogP contribution in [-0.4, -0.2) is 46.1 Å². The smallest absolute Gasteiger partial charge is 0.246 e. The number of rotatable bonds is 5. The van der Waals surface area contributed by atoms with Crippen molar-refractivity contribution in [3.05, 3.63) is 17.6 Å². The number of hydrogen-bond donors (Lipinski definition) is 1.